The largest absolute Gasteiger partial charge is 0.319 e. The van der Waals surface area contributed by atoms with Crippen LogP contribution in [0.4, 0.5) is 0 Å². The number of likely N-dealkylation sites (N-methyl/N-ethyl adjacent to an activating group) is 1. The van der Waals surface area contributed by atoms with E-state index < -0.39 is 0 Å². The Morgan fingerprint density at radius 1 is 1.70 bits per heavy atom. The topological polar surface area (TPSA) is 12.0 Å². The molecule has 0 aliphatic heterocycles. The highest BCUT2D eigenvalue weighted by atomic mass is 79.9. The van der Waals surface area contributed by atoms with Crippen LogP contribution >= 0.6 is 27.3 Å². The van der Waals surface area contributed by atoms with Crippen molar-refractivity contribution in [3.8, 4) is 0 Å². The molecule has 10 heavy (non-hydrogen) atoms. The van der Waals surface area contributed by atoms with Gasteiger partial charge in [0.05, 0.1) is 0 Å². The summed E-state index contributed by atoms with van der Waals surface area (Å²) in [4.78, 5) is 1.43. The SMILES string of the molecule is CNCCc1cc(Br)cs1. The number of rotatable bonds is 3. The number of hydrogen-bond acceptors (Lipinski definition) is 2. The molecule has 0 aliphatic rings. The van der Waals surface area contributed by atoms with Gasteiger partial charge in [-0.3, -0.25) is 0 Å². The third-order valence-corrected chi connectivity index (χ3v) is 3.00. The molecule has 0 fully saturated rings. The molecule has 0 aromatic carbocycles. The van der Waals surface area contributed by atoms with Gasteiger partial charge in [0.25, 0.3) is 0 Å². The monoisotopic (exact) mass is 219 g/mol. The molecule has 1 nitrogen and oxygen atoms in total. The van der Waals surface area contributed by atoms with E-state index >= 15 is 0 Å². The molecule has 1 heterocycles. The van der Waals surface area contributed by atoms with E-state index in [1.165, 1.54) is 9.35 Å². The highest BCUT2D eigenvalue weighted by Crippen LogP contribution is 2.19. The summed E-state index contributed by atoms with van der Waals surface area (Å²) < 4.78 is 1.20. The van der Waals surface area contributed by atoms with E-state index in [2.05, 4.69) is 32.7 Å². The molecule has 1 aromatic heterocycles. The average molecular weight is 220 g/mol. The second-order valence-electron chi connectivity index (χ2n) is 2.08. The maximum absolute atomic E-state index is 3.41. The van der Waals surface area contributed by atoms with Crippen molar-refractivity contribution in [3.63, 3.8) is 0 Å². The summed E-state index contributed by atoms with van der Waals surface area (Å²) in [7, 11) is 1.97. The molecular formula is C7H10BrNS. The van der Waals surface area contributed by atoms with Crippen molar-refractivity contribution >= 4 is 27.3 Å². The fourth-order valence-electron chi connectivity index (χ4n) is 0.733. The maximum atomic E-state index is 3.41. The summed E-state index contributed by atoms with van der Waals surface area (Å²) in [5.41, 5.74) is 0. The van der Waals surface area contributed by atoms with E-state index in [1.807, 2.05) is 7.05 Å². The van der Waals surface area contributed by atoms with E-state index in [1.54, 1.807) is 11.3 Å². The standard InChI is InChI=1S/C7H10BrNS/c1-9-3-2-7-4-6(8)5-10-7/h4-5,9H,2-3H2,1H3. The Labute approximate surface area is 73.6 Å². The molecule has 56 valence electrons. The van der Waals surface area contributed by atoms with Crippen LogP contribution < -0.4 is 5.32 Å². The van der Waals surface area contributed by atoms with E-state index in [0.29, 0.717) is 0 Å². The summed E-state index contributed by atoms with van der Waals surface area (Å²) in [6.07, 6.45) is 1.13. The van der Waals surface area contributed by atoms with Crippen LogP contribution in [0.5, 0.6) is 0 Å². The second kappa shape index (κ2) is 4.11. The second-order valence-corrected chi connectivity index (χ2v) is 4.00. The van der Waals surface area contributed by atoms with E-state index in [-0.39, 0.29) is 0 Å². The van der Waals surface area contributed by atoms with Crippen molar-refractivity contribution < 1.29 is 0 Å². The Hall–Kier alpha value is 0.140. The van der Waals surface area contributed by atoms with E-state index in [9.17, 15) is 0 Å². The minimum atomic E-state index is 1.06. The average Bonchev–Trinajstić information content (AvgIpc) is 2.31. The minimum absolute atomic E-state index is 1.06. The van der Waals surface area contributed by atoms with Gasteiger partial charge in [0.15, 0.2) is 0 Å². The molecule has 0 bridgehead atoms. The summed E-state index contributed by atoms with van der Waals surface area (Å²) in [6.45, 7) is 1.06. The van der Waals surface area contributed by atoms with Crippen LogP contribution in [-0.2, 0) is 6.42 Å². The number of hydrogen-bond donors (Lipinski definition) is 1. The number of nitrogens with one attached hydrogen (secondary N) is 1. The molecule has 1 N–H and O–H groups in total. The molecule has 0 saturated heterocycles. The van der Waals surface area contributed by atoms with Gasteiger partial charge in [-0.05, 0) is 42.0 Å². The third kappa shape index (κ3) is 2.40. The Balaban J connectivity index is 2.42. The van der Waals surface area contributed by atoms with Gasteiger partial charge < -0.3 is 5.32 Å². The van der Waals surface area contributed by atoms with Crippen LogP contribution in [0.2, 0.25) is 0 Å². The van der Waals surface area contributed by atoms with Crippen molar-refractivity contribution in [1.29, 1.82) is 0 Å². The predicted molar refractivity (Wildman–Crippen MR) is 49.6 cm³/mol. The first kappa shape index (κ1) is 8.24. The van der Waals surface area contributed by atoms with Gasteiger partial charge in [-0.1, -0.05) is 0 Å². The summed E-state index contributed by atoms with van der Waals surface area (Å²) in [6, 6.07) is 2.17. The van der Waals surface area contributed by atoms with Crippen LogP contribution in [0.25, 0.3) is 0 Å². The zero-order valence-electron chi connectivity index (χ0n) is 5.86. The lowest BCUT2D eigenvalue weighted by Crippen LogP contribution is -2.09. The fourth-order valence-corrected chi connectivity index (χ4v) is 2.19. The van der Waals surface area contributed by atoms with Crippen LogP contribution in [-0.4, -0.2) is 13.6 Å². The molecule has 0 unspecified atom stereocenters. The van der Waals surface area contributed by atoms with Gasteiger partial charge in [0.1, 0.15) is 0 Å². The van der Waals surface area contributed by atoms with Gasteiger partial charge in [-0.25, -0.2) is 0 Å². The Morgan fingerprint density at radius 3 is 3.00 bits per heavy atom. The zero-order valence-corrected chi connectivity index (χ0v) is 8.26. The normalized spacial score (nSPS) is 10.2. The Morgan fingerprint density at radius 2 is 2.50 bits per heavy atom. The van der Waals surface area contributed by atoms with Gasteiger partial charge in [0.2, 0.25) is 0 Å². The van der Waals surface area contributed by atoms with Crippen molar-refractivity contribution in [2.45, 2.75) is 6.42 Å². The quantitative estimate of drug-likeness (QED) is 0.823. The molecule has 3 heteroatoms. The van der Waals surface area contributed by atoms with Gasteiger partial charge in [-0.2, -0.15) is 0 Å². The summed E-state index contributed by atoms with van der Waals surface area (Å²) in [5.74, 6) is 0. The first-order chi connectivity index (χ1) is 4.83. The molecule has 0 radical (unpaired) electrons. The Bertz CT molecular complexity index is 197. The summed E-state index contributed by atoms with van der Waals surface area (Å²) >= 11 is 5.22. The molecular weight excluding hydrogens is 210 g/mol. The zero-order chi connectivity index (χ0) is 7.40. The molecule has 0 amide bonds. The number of halogens is 1. The Kier molecular flexibility index (Phi) is 3.39. The van der Waals surface area contributed by atoms with Crippen molar-refractivity contribution in [2.24, 2.45) is 0 Å². The van der Waals surface area contributed by atoms with Crippen LogP contribution in [0, 0.1) is 0 Å². The molecule has 0 spiro atoms. The molecule has 0 atom stereocenters. The van der Waals surface area contributed by atoms with Gasteiger partial charge >= 0.3 is 0 Å². The maximum Gasteiger partial charge on any atom is 0.0285 e. The fraction of sp³-hybridized carbons (Fsp3) is 0.429. The first-order valence-corrected chi connectivity index (χ1v) is 4.87. The smallest absolute Gasteiger partial charge is 0.0285 e. The minimum Gasteiger partial charge on any atom is -0.319 e. The van der Waals surface area contributed by atoms with E-state index in [4.69, 9.17) is 0 Å². The molecule has 0 aliphatic carbocycles. The first-order valence-electron chi connectivity index (χ1n) is 3.20. The van der Waals surface area contributed by atoms with Crippen LogP contribution in [0.1, 0.15) is 4.88 Å². The van der Waals surface area contributed by atoms with E-state index in [0.717, 1.165) is 13.0 Å². The lowest BCUT2D eigenvalue weighted by atomic mass is 10.3. The van der Waals surface area contributed by atoms with Gasteiger partial charge in [0, 0.05) is 14.7 Å². The van der Waals surface area contributed by atoms with Crippen molar-refractivity contribution in [1.82, 2.24) is 5.32 Å². The lowest BCUT2D eigenvalue weighted by molar-refractivity contribution is 0.799. The molecule has 1 aromatic rings. The molecule has 1 rings (SSSR count). The van der Waals surface area contributed by atoms with Crippen molar-refractivity contribution in [3.05, 3.63) is 20.8 Å². The summed E-state index contributed by atoms with van der Waals surface area (Å²) in [5, 5.41) is 5.23. The van der Waals surface area contributed by atoms with Crippen molar-refractivity contribution in [2.75, 3.05) is 13.6 Å². The third-order valence-electron chi connectivity index (χ3n) is 1.24. The number of thiophene rings is 1. The molecule has 0 saturated carbocycles. The predicted octanol–water partition coefficient (Wildman–Crippen LogP) is 2.27. The highest BCUT2D eigenvalue weighted by Gasteiger charge is 1.94. The van der Waals surface area contributed by atoms with Crippen LogP contribution in [0.15, 0.2) is 15.9 Å². The van der Waals surface area contributed by atoms with Gasteiger partial charge in [-0.15, -0.1) is 11.3 Å². The lowest BCUT2D eigenvalue weighted by Gasteiger charge is -1.93. The van der Waals surface area contributed by atoms with Crippen LogP contribution in [0.3, 0.4) is 0 Å². The highest BCUT2D eigenvalue weighted by molar-refractivity contribution is 9.10.